The molecule has 2 N–H and O–H groups in total. The van der Waals surface area contributed by atoms with Gasteiger partial charge in [0.15, 0.2) is 0 Å². The van der Waals surface area contributed by atoms with Gasteiger partial charge in [0, 0.05) is 23.3 Å². The molecule has 0 amide bonds. The molecule has 0 radical (unpaired) electrons. The van der Waals surface area contributed by atoms with Crippen LogP contribution < -0.4 is 9.47 Å². The van der Waals surface area contributed by atoms with Gasteiger partial charge < -0.3 is 19.7 Å². The van der Waals surface area contributed by atoms with E-state index in [4.69, 9.17) is 33.9 Å². The van der Waals surface area contributed by atoms with Gasteiger partial charge in [0.1, 0.15) is 23.0 Å². The first kappa shape index (κ1) is 38.4. The number of hydrogen-bond donors (Lipinski definition) is 2. The molecule has 274 valence electrons. The quantitative estimate of drug-likeness (QED) is 0.0488. The molecule has 54 heavy (non-hydrogen) atoms. The molecule has 0 bridgehead atoms. The molecule has 6 rings (SSSR count). The molecule has 6 aromatic rings. The molecule has 0 unspecified atom stereocenters. The van der Waals surface area contributed by atoms with Crippen molar-refractivity contribution in [3.8, 4) is 45.3 Å². The summed E-state index contributed by atoms with van der Waals surface area (Å²) < 4.78 is 11.8. The summed E-state index contributed by atoms with van der Waals surface area (Å²) in [7, 11) is 0. The molecule has 6 heteroatoms. The highest BCUT2D eigenvalue weighted by molar-refractivity contribution is 7.81. The Balaban J connectivity index is 0.813. The summed E-state index contributed by atoms with van der Waals surface area (Å²) in [4.78, 5) is 1.22. The zero-order valence-corrected chi connectivity index (χ0v) is 32.1. The van der Waals surface area contributed by atoms with Crippen molar-refractivity contribution >= 4 is 34.2 Å². The average Bonchev–Trinajstić information content (AvgIpc) is 3.21. The molecular weight excluding hydrogens is 705 g/mol. The Morgan fingerprint density at radius 3 is 1.07 bits per heavy atom. The number of ether oxygens (including phenoxy) is 2. The summed E-state index contributed by atoms with van der Waals surface area (Å²) >= 11 is 11.4. The Hall–Kier alpha value is -5.30. The lowest BCUT2D eigenvalue weighted by Gasteiger charge is -2.11. The first-order chi connectivity index (χ1) is 26.5. The largest absolute Gasteiger partial charge is 0.507 e. The summed E-state index contributed by atoms with van der Waals surface area (Å²) in [5, 5.41) is 21.4. The van der Waals surface area contributed by atoms with Crippen molar-refractivity contribution < 1.29 is 19.7 Å². The van der Waals surface area contributed by atoms with E-state index in [-0.39, 0.29) is 11.5 Å². The maximum Gasteiger partial charge on any atom is 0.127 e. The third-order valence-corrected chi connectivity index (χ3v) is 10.4. The average molecular weight is 751 g/mol. The highest BCUT2D eigenvalue weighted by Crippen LogP contribution is 2.30. The van der Waals surface area contributed by atoms with Crippen LogP contribution in [0.3, 0.4) is 0 Å². The van der Waals surface area contributed by atoms with Crippen molar-refractivity contribution in [2.75, 3.05) is 13.2 Å². The number of thiocarbonyl (C=S) groups is 2. The molecule has 0 atom stereocenters. The number of benzene rings is 6. The van der Waals surface area contributed by atoms with E-state index in [9.17, 15) is 10.2 Å². The fourth-order valence-electron chi connectivity index (χ4n) is 6.43. The summed E-state index contributed by atoms with van der Waals surface area (Å²) in [5.74, 6) is 1.57. The zero-order chi connectivity index (χ0) is 37.5. The third-order valence-electron chi connectivity index (χ3n) is 9.51. The van der Waals surface area contributed by atoms with Crippen molar-refractivity contribution in [3.63, 3.8) is 0 Å². The molecule has 0 aromatic heterocycles. The normalized spacial score (nSPS) is 10.9. The second-order valence-corrected chi connectivity index (χ2v) is 14.2. The van der Waals surface area contributed by atoms with E-state index in [1.165, 1.54) is 25.7 Å². The van der Waals surface area contributed by atoms with Gasteiger partial charge in [0.05, 0.1) is 22.9 Å². The van der Waals surface area contributed by atoms with Crippen LogP contribution in [-0.2, 0) is 0 Å². The van der Waals surface area contributed by atoms with Gasteiger partial charge in [-0.3, -0.25) is 0 Å². The summed E-state index contributed by atoms with van der Waals surface area (Å²) in [5.41, 5.74) is 7.62. The lowest BCUT2D eigenvalue weighted by atomic mass is 9.99. The van der Waals surface area contributed by atoms with Crippen LogP contribution in [0, 0.1) is 0 Å². The molecule has 6 aromatic carbocycles. The fraction of sp³-hybridized carbons (Fsp3) is 0.208. The minimum Gasteiger partial charge on any atom is -0.507 e. The van der Waals surface area contributed by atoms with Gasteiger partial charge >= 0.3 is 0 Å². The monoisotopic (exact) mass is 750 g/mol. The van der Waals surface area contributed by atoms with Crippen molar-refractivity contribution in [1.82, 2.24) is 0 Å². The Labute approximate surface area is 330 Å². The van der Waals surface area contributed by atoms with E-state index in [1.807, 2.05) is 84.9 Å². The number of hydrogen-bond acceptors (Lipinski definition) is 6. The van der Waals surface area contributed by atoms with Crippen LogP contribution in [0.1, 0.15) is 73.6 Å². The van der Waals surface area contributed by atoms with Gasteiger partial charge in [-0.15, -0.1) is 0 Å². The third kappa shape index (κ3) is 10.6. The van der Waals surface area contributed by atoms with Gasteiger partial charge in [0.25, 0.3) is 0 Å². The maximum absolute atomic E-state index is 10.7. The number of rotatable bonds is 19. The Morgan fingerprint density at radius 2 is 0.722 bits per heavy atom. The van der Waals surface area contributed by atoms with E-state index in [0.29, 0.717) is 45.6 Å². The molecule has 0 saturated heterocycles. The summed E-state index contributed by atoms with van der Waals surface area (Å²) in [6.45, 7) is 1.23. The van der Waals surface area contributed by atoms with Crippen LogP contribution in [0.4, 0.5) is 0 Å². The second kappa shape index (κ2) is 19.7. The lowest BCUT2D eigenvalue weighted by molar-refractivity contribution is 0.299. The molecule has 0 aliphatic carbocycles. The standard InChI is InChI=1S/C48H46O4S2/c49-45-33-41(27-29-43(45)47(53)39-23-19-37(20-24-39)35-15-9-7-10-16-35)51-31-13-5-3-1-2-4-6-14-32-52-42-28-30-44(46(50)34-42)48(54)40-25-21-38(22-26-40)36-17-11-8-12-18-36/h7-12,15-30,33-34,49-50H,1-6,13-14,31-32H2. The predicted molar refractivity (Wildman–Crippen MR) is 229 cm³/mol. The van der Waals surface area contributed by atoms with Crippen LogP contribution in [0.15, 0.2) is 146 Å². The summed E-state index contributed by atoms with van der Waals surface area (Å²) in [6.07, 6.45) is 8.90. The minimum absolute atomic E-state index is 0.132. The van der Waals surface area contributed by atoms with E-state index in [1.54, 1.807) is 12.1 Å². The molecule has 0 aliphatic rings. The lowest BCUT2D eigenvalue weighted by Crippen LogP contribution is -2.02. The van der Waals surface area contributed by atoms with Crippen LogP contribution in [0.2, 0.25) is 0 Å². The first-order valence-corrected chi connectivity index (χ1v) is 19.6. The van der Waals surface area contributed by atoms with E-state index in [2.05, 4.69) is 48.5 Å². The smallest absolute Gasteiger partial charge is 0.127 e. The minimum atomic E-state index is 0.132. The molecule has 0 heterocycles. The molecule has 0 aliphatic heterocycles. The van der Waals surface area contributed by atoms with Gasteiger partial charge in [-0.05, 0) is 70.5 Å². The van der Waals surface area contributed by atoms with Crippen LogP contribution >= 0.6 is 24.4 Å². The molecule has 0 saturated carbocycles. The van der Waals surface area contributed by atoms with Crippen LogP contribution in [0.5, 0.6) is 23.0 Å². The number of aromatic hydroxyl groups is 2. The number of phenols is 2. The van der Waals surface area contributed by atoms with Crippen molar-refractivity contribution in [3.05, 3.63) is 168 Å². The SMILES string of the molecule is Oc1cc(OCCCCCCCCCCOc2ccc(C(=S)c3ccc(-c4ccccc4)cc3)c(O)c2)ccc1C(=S)c1ccc(-c2ccccc2)cc1. The molecule has 0 spiro atoms. The fourth-order valence-corrected chi connectivity index (χ4v) is 7.05. The van der Waals surface area contributed by atoms with Crippen LogP contribution in [-0.4, -0.2) is 33.2 Å². The van der Waals surface area contributed by atoms with Gasteiger partial charge in [-0.1, -0.05) is 172 Å². The van der Waals surface area contributed by atoms with Crippen molar-refractivity contribution in [1.29, 1.82) is 0 Å². The molecule has 4 nitrogen and oxygen atoms in total. The Morgan fingerprint density at radius 1 is 0.389 bits per heavy atom. The topological polar surface area (TPSA) is 58.9 Å². The Bertz CT molecular complexity index is 1960. The molecule has 0 fully saturated rings. The van der Waals surface area contributed by atoms with Crippen molar-refractivity contribution in [2.45, 2.75) is 51.4 Å². The molecular formula is C48H46O4S2. The predicted octanol–water partition coefficient (Wildman–Crippen LogP) is 12.5. The Kier molecular flexibility index (Phi) is 14.0. The second-order valence-electron chi connectivity index (χ2n) is 13.4. The van der Waals surface area contributed by atoms with E-state index < -0.39 is 0 Å². The highest BCUT2D eigenvalue weighted by Gasteiger charge is 2.13. The number of phenolic OH excluding ortho intramolecular Hbond substituents is 2. The zero-order valence-electron chi connectivity index (χ0n) is 30.5. The summed E-state index contributed by atoms with van der Waals surface area (Å²) in [6, 6.07) is 47.4. The van der Waals surface area contributed by atoms with Crippen LogP contribution in [0.25, 0.3) is 22.3 Å². The van der Waals surface area contributed by atoms with E-state index >= 15 is 0 Å². The van der Waals surface area contributed by atoms with Gasteiger partial charge in [0.2, 0.25) is 0 Å². The van der Waals surface area contributed by atoms with Gasteiger partial charge in [-0.25, -0.2) is 0 Å². The maximum atomic E-state index is 10.7. The van der Waals surface area contributed by atoms with Gasteiger partial charge in [-0.2, -0.15) is 0 Å². The first-order valence-electron chi connectivity index (χ1n) is 18.8. The van der Waals surface area contributed by atoms with E-state index in [0.717, 1.165) is 59.1 Å². The van der Waals surface area contributed by atoms with Crippen molar-refractivity contribution in [2.24, 2.45) is 0 Å². The highest BCUT2D eigenvalue weighted by atomic mass is 32.1. The number of unbranched alkanes of at least 4 members (excludes halogenated alkanes) is 7.